The molecule has 1 aromatic carbocycles. The summed E-state index contributed by atoms with van der Waals surface area (Å²) in [6.07, 6.45) is 1.58. The molecule has 29 heavy (non-hydrogen) atoms. The third kappa shape index (κ3) is 5.00. The topological polar surface area (TPSA) is 86.4 Å². The van der Waals surface area contributed by atoms with E-state index in [0.717, 1.165) is 24.2 Å². The van der Waals surface area contributed by atoms with E-state index in [9.17, 15) is 14.4 Å². The van der Waals surface area contributed by atoms with Gasteiger partial charge in [0, 0.05) is 12.5 Å². The van der Waals surface area contributed by atoms with E-state index in [1.165, 1.54) is 4.68 Å². The molecule has 0 aliphatic carbocycles. The molecule has 0 bridgehead atoms. The van der Waals surface area contributed by atoms with Crippen molar-refractivity contribution >= 4 is 11.8 Å². The second kappa shape index (κ2) is 9.65. The lowest BCUT2D eigenvalue weighted by atomic mass is 9.95. The minimum absolute atomic E-state index is 0.0780. The van der Waals surface area contributed by atoms with Gasteiger partial charge in [-0.25, -0.2) is 14.3 Å². The number of nitrogens with zero attached hydrogens (tertiary/aromatic N) is 4. The van der Waals surface area contributed by atoms with E-state index in [1.54, 1.807) is 11.5 Å². The van der Waals surface area contributed by atoms with Crippen LogP contribution in [-0.2, 0) is 27.4 Å². The second-order valence-corrected chi connectivity index (χ2v) is 7.22. The zero-order chi connectivity index (χ0) is 20.8. The van der Waals surface area contributed by atoms with Gasteiger partial charge in [-0.2, -0.15) is 5.10 Å². The molecule has 0 spiro atoms. The summed E-state index contributed by atoms with van der Waals surface area (Å²) in [6.45, 7) is 6.30. The Bertz CT molecular complexity index is 895. The van der Waals surface area contributed by atoms with Gasteiger partial charge < -0.3 is 4.74 Å². The maximum Gasteiger partial charge on any atom is 0.375 e. The van der Waals surface area contributed by atoms with Crippen LogP contribution in [0.1, 0.15) is 44.0 Å². The Hall–Kier alpha value is -2.74. The zero-order valence-electron chi connectivity index (χ0n) is 17.0. The third-order valence-corrected chi connectivity index (χ3v) is 5.27. The first kappa shape index (κ1) is 21.0. The number of carbonyl (C=O) groups excluding carboxylic acids is 2. The Morgan fingerprint density at radius 1 is 1.14 bits per heavy atom. The van der Waals surface area contributed by atoms with Crippen LogP contribution < -0.4 is 5.69 Å². The minimum atomic E-state index is -0.769. The first-order valence-electron chi connectivity index (χ1n) is 10.2. The highest BCUT2D eigenvalue weighted by Crippen LogP contribution is 2.26. The molecule has 156 valence electrons. The van der Waals surface area contributed by atoms with Crippen molar-refractivity contribution in [2.45, 2.75) is 45.7 Å². The molecule has 1 saturated heterocycles. The van der Waals surface area contributed by atoms with Crippen molar-refractivity contribution in [1.29, 1.82) is 0 Å². The molecule has 8 nitrogen and oxygen atoms in total. The fourth-order valence-corrected chi connectivity index (χ4v) is 3.74. The first-order chi connectivity index (χ1) is 14.0. The van der Waals surface area contributed by atoms with E-state index in [2.05, 4.69) is 5.10 Å². The summed E-state index contributed by atoms with van der Waals surface area (Å²) in [6, 6.07) is 9.81. The van der Waals surface area contributed by atoms with E-state index in [-0.39, 0.29) is 24.8 Å². The standard InChI is InChI=1S/C21H28N4O4/c1-3-24-19(22-25(21(24)28)14-16-8-6-5-7-9-16)17-10-12-23(13-11-17)15-18(26)20(27)29-4-2/h5-9,17H,3-4,10-15H2,1-2H3. The van der Waals surface area contributed by atoms with E-state index in [4.69, 9.17) is 4.74 Å². The number of piperidine rings is 1. The Balaban J connectivity index is 1.66. The van der Waals surface area contributed by atoms with Crippen LogP contribution in [-0.4, -0.2) is 57.2 Å². The smallest absolute Gasteiger partial charge is 0.375 e. The zero-order valence-corrected chi connectivity index (χ0v) is 17.0. The van der Waals surface area contributed by atoms with Crippen LogP contribution in [0.15, 0.2) is 35.1 Å². The molecule has 0 amide bonds. The molecule has 0 saturated carbocycles. The average molecular weight is 400 g/mol. The highest BCUT2D eigenvalue weighted by molar-refractivity contribution is 6.34. The summed E-state index contributed by atoms with van der Waals surface area (Å²) >= 11 is 0. The molecule has 1 aliphatic heterocycles. The molecule has 1 fully saturated rings. The predicted octanol–water partition coefficient (Wildman–Crippen LogP) is 1.42. The molecule has 0 N–H and O–H groups in total. The van der Waals surface area contributed by atoms with Gasteiger partial charge in [-0.05, 0) is 45.3 Å². The summed E-state index contributed by atoms with van der Waals surface area (Å²) in [7, 11) is 0. The lowest BCUT2D eigenvalue weighted by molar-refractivity contribution is -0.154. The van der Waals surface area contributed by atoms with Crippen molar-refractivity contribution in [3.05, 3.63) is 52.2 Å². The van der Waals surface area contributed by atoms with Crippen LogP contribution in [0.5, 0.6) is 0 Å². The van der Waals surface area contributed by atoms with Crippen LogP contribution in [0.4, 0.5) is 0 Å². The lowest BCUT2D eigenvalue weighted by Crippen LogP contribution is -2.39. The highest BCUT2D eigenvalue weighted by atomic mass is 16.5. The van der Waals surface area contributed by atoms with Gasteiger partial charge in [0.15, 0.2) is 0 Å². The van der Waals surface area contributed by atoms with Gasteiger partial charge in [-0.15, -0.1) is 0 Å². The number of ketones is 1. The summed E-state index contributed by atoms with van der Waals surface area (Å²) in [4.78, 5) is 38.2. The van der Waals surface area contributed by atoms with Crippen molar-refractivity contribution in [3.8, 4) is 0 Å². The number of carbonyl (C=O) groups is 2. The number of Topliss-reactive ketones (excluding diaryl/α,β-unsaturated/α-hetero) is 1. The Kier molecular flexibility index (Phi) is 6.98. The SMILES string of the molecule is CCOC(=O)C(=O)CN1CCC(c2nn(Cc3ccccc3)c(=O)n2CC)CC1. The van der Waals surface area contributed by atoms with Crippen LogP contribution in [0, 0.1) is 0 Å². The van der Waals surface area contributed by atoms with Crippen molar-refractivity contribution in [1.82, 2.24) is 19.2 Å². The largest absolute Gasteiger partial charge is 0.460 e. The van der Waals surface area contributed by atoms with Crippen molar-refractivity contribution in [2.24, 2.45) is 0 Å². The molecular formula is C21H28N4O4. The Morgan fingerprint density at radius 2 is 1.83 bits per heavy atom. The molecule has 1 aliphatic rings. The van der Waals surface area contributed by atoms with Gasteiger partial charge in [0.25, 0.3) is 5.78 Å². The first-order valence-corrected chi connectivity index (χ1v) is 10.2. The summed E-state index contributed by atoms with van der Waals surface area (Å²) in [5, 5.41) is 4.65. The number of benzene rings is 1. The van der Waals surface area contributed by atoms with Crippen LogP contribution in [0.3, 0.4) is 0 Å². The van der Waals surface area contributed by atoms with Gasteiger partial charge in [0.1, 0.15) is 5.82 Å². The number of esters is 1. The maximum atomic E-state index is 12.8. The number of aromatic nitrogens is 3. The van der Waals surface area contributed by atoms with Gasteiger partial charge in [0.2, 0.25) is 0 Å². The van der Waals surface area contributed by atoms with Crippen LogP contribution in [0.2, 0.25) is 0 Å². The highest BCUT2D eigenvalue weighted by Gasteiger charge is 2.28. The van der Waals surface area contributed by atoms with E-state index >= 15 is 0 Å². The lowest BCUT2D eigenvalue weighted by Gasteiger charge is -2.30. The monoisotopic (exact) mass is 400 g/mol. The van der Waals surface area contributed by atoms with Crippen molar-refractivity contribution in [3.63, 3.8) is 0 Å². The van der Waals surface area contributed by atoms with E-state index in [0.29, 0.717) is 26.2 Å². The van der Waals surface area contributed by atoms with E-state index in [1.807, 2.05) is 42.2 Å². The van der Waals surface area contributed by atoms with Gasteiger partial charge in [-0.3, -0.25) is 14.3 Å². The Labute approximate surface area is 170 Å². The second-order valence-electron chi connectivity index (χ2n) is 7.22. The molecule has 3 rings (SSSR count). The predicted molar refractivity (Wildman–Crippen MR) is 108 cm³/mol. The number of likely N-dealkylation sites (tertiary alicyclic amines) is 1. The summed E-state index contributed by atoms with van der Waals surface area (Å²) < 4.78 is 8.04. The van der Waals surface area contributed by atoms with Crippen LogP contribution >= 0.6 is 0 Å². The number of ether oxygens (including phenoxy) is 1. The molecule has 2 heterocycles. The van der Waals surface area contributed by atoms with Gasteiger partial charge in [0.05, 0.1) is 19.7 Å². The minimum Gasteiger partial charge on any atom is -0.460 e. The van der Waals surface area contributed by atoms with Crippen molar-refractivity contribution in [2.75, 3.05) is 26.2 Å². The fourth-order valence-electron chi connectivity index (χ4n) is 3.74. The molecule has 1 aromatic heterocycles. The van der Waals surface area contributed by atoms with Gasteiger partial charge in [-0.1, -0.05) is 30.3 Å². The number of rotatable bonds is 8. The molecular weight excluding hydrogens is 372 g/mol. The number of hydrogen-bond donors (Lipinski definition) is 0. The molecule has 2 aromatic rings. The molecule has 0 unspecified atom stereocenters. The number of hydrogen-bond acceptors (Lipinski definition) is 6. The molecule has 8 heteroatoms. The average Bonchev–Trinajstić information content (AvgIpc) is 3.04. The van der Waals surface area contributed by atoms with Crippen LogP contribution in [0.25, 0.3) is 0 Å². The third-order valence-electron chi connectivity index (χ3n) is 5.27. The normalized spacial score (nSPS) is 15.4. The summed E-state index contributed by atoms with van der Waals surface area (Å²) in [5.41, 5.74) is 0.945. The fraction of sp³-hybridized carbons (Fsp3) is 0.524. The van der Waals surface area contributed by atoms with E-state index < -0.39 is 11.8 Å². The Morgan fingerprint density at radius 3 is 2.45 bits per heavy atom. The van der Waals surface area contributed by atoms with Crippen molar-refractivity contribution < 1.29 is 14.3 Å². The molecule has 0 atom stereocenters. The quantitative estimate of drug-likeness (QED) is 0.492. The maximum absolute atomic E-state index is 12.8. The van der Waals surface area contributed by atoms with Gasteiger partial charge >= 0.3 is 11.7 Å². The summed E-state index contributed by atoms with van der Waals surface area (Å²) in [5.74, 6) is -0.310. The molecule has 0 radical (unpaired) electrons.